The van der Waals surface area contributed by atoms with E-state index in [1.54, 1.807) is 23.1 Å². The highest BCUT2D eigenvalue weighted by molar-refractivity contribution is 6.02. The third-order valence-corrected chi connectivity index (χ3v) is 4.53. The molecule has 1 fully saturated rings. The van der Waals surface area contributed by atoms with Crippen LogP contribution in [-0.4, -0.2) is 29.8 Å². The number of amides is 2. The molecule has 2 N–H and O–H groups in total. The van der Waals surface area contributed by atoms with Crippen molar-refractivity contribution < 1.29 is 14.5 Å². The number of rotatable bonds is 8. The van der Waals surface area contributed by atoms with Crippen LogP contribution in [0.4, 0.5) is 22.7 Å². The van der Waals surface area contributed by atoms with Gasteiger partial charge in [-0.3, -0.25) is 19.7 Å². The summed E-state index contributed by atoms with van der Waals surface area (Å²) >= 11 is 0. The first-order chi connectivity index (χ1) is 13.5. The number of hydrogen-bond donors (Lipinski definition) is 2. The zero-order chi connectivity index (χ0) is 19.9. The smallest absolute Gasteiger partial charge is 0.269 e. The normalized spacial score (nSPS) is 13.4. The molecule has 2 aromatic rings. The SMILES string of the molecule is O=C(CCCNc1ccc([N+](=O)[O-])cc1)Nc1ccccc1N1CCCC1=O. The van der Waals surface area contributed by atoms with Crippen LogP contribution in [0, 0.1) is 10.1 Å². The van der Waals surface area contributed by atoms with Gasteiger partial charge in [-0.2, -0.15) is 0 Å². The second-order valence-electron chi connectivity index (χ2n) is 6.55. The van der Waals surface area contributed by atoms with Crippen LogP contribution < -0.4 is 15.5 Å². The summed E-state index contributed by atoms with van der Waals surface area (Å²) in [6, 6.07) is 13.5. The summed E-state index contributed by atoms with van der Waals surface area (Å²) in [6.07, 6.45) is 2.29. The topological polar surface area (TPSA) is 105 Å². The van der Waals surface area contributed by atoms with Crippen molar-refractivity contribution in [2.24, 2.45) is 0 Å². The Morgan fingerprint density at radius 1 is 1.14 bits per heavy atom. The summed E-state index contributed by atoms with van der Waals surface area (Å²) < 4.78 is 0. The van der Waals surface area contributed by atoms with E-state index in [4.69, 9.17) is 0 Å². The maximum atomic E-state index is 12.3. The van der Waals surface area contributed by atoms with Crippen LogP contribution in [0.15, 0.2) is 48.5 Å². The number of nitro benzene ring substituents is 1. The van der Waals surface area contributed by atoms with Gasteiger partial charge in [0.05, 0.1) is 16.3 Å². The van der Waals surface area contributed by atoms with Crippen LogP contribution in [0.1, 0.15) is 25.7 Å². The molecule has 146 valence electrons. The summed E-state index contributed by atoms with van der Waals surface area (Å²) in [7, 11) is 0. The van der Waals surface area contributed by atoms with Crippen LogP contribution in [0.2, 0.25) is 0 Å². The molecule has 0 bridgehead atoms. The largest absolute Gasteiger partial charge is 0.385 e. The Bertz CT molecular complexity index is 867. The van der Waals surface area contributed by atoms with Crippen LogP contribution in [0.5, 0.6) is 0 Å². The van der Waals surface area contributed by atoms with Gasteiger partial charge in [0, 0.05) is 43.8 Å². The highest BCUT2D eigenvalue weighted by Gasteiger charge is 2.24. The number of nitrogens with one attached hydrogen (secondary N) is 2. The Kier molecular flexibility index (Phi) is 6.21. The van der Waals surface area contributed by atoms with Crippen molar-refractivity contribution in [2.45, 2.75) is 25.7 Å². The molecule has 1 heterocycles. The third kappa shape index (κ3) is 4.85. The predicted molar refractivity (Wildman–Crippen MR) is 107 cm³/mol. The Morgan fingerprint density at radius 3 is 2.57 bits per heavy atom. The van der Waals surface area contributed by atoms with Crippen LogP contribution >= 0.6 is 0 Å². The standard InChI is InChI=1S/C20H22N4O4/c25-19(7-3-13-21-15-9-11-16(12-10-15)24(27)28)22-17-5-1-2-6-18(17)23-14-4-8-20(23)26/h1-2,5-6,9-12,21H,3-4,7-8,13-14H2,(H,22,25). The Balaban J connectivity index is 1.47. The minimum atomic E-state index is -0.443. The number of nitro groups is 1. The summed E-state index contributed by atoms with van der Waals surface area (Å²) in [6.45, 7) is 1.24. The third-order valence-electron chi connectivity index (χ3n) is 4.53. The van der Waals surface area contributed by atoms with Crippen molar-refractivity contribution in [1.29, 1.82) is 0 Å². The fourth-order valence-electron chi connectivity index (χ4n) is 3.11. The first-order valence-electron chi connectivity index (χ1n) is 9.22. The molecule has 2 amide bonds. The van der Waals surface area contributed by atoms with Gasteiger partial charge in [-0.05, 0) is 37.1 Å². The molecule has 2 aromatic carbocycles. The van der Waals surface area contributed by atoms with E-state index < -0.39 is 4.92 Å². The van der Waals surface area contributed by atoms with Crippen LogP contribution in [-0.2, 0) is 9.59 Å². The molecule has 0 saturated carbocycles. The lowest BCUT2D eigenvalue weighted by atomic mass is 10.2. The Morgan fingerprint density at radius 2 is 1.89 bits per heavy atom. The van der Waals surface area contributed by atoms with Crippen molar-refractivity contribution in [3.8, 4) is 0 Å². The molecule has 0 radical (unpaired) electrons. The van der Waals surface area contributed by atoms with E-state index in [2.05, 4.69) is 10.6 Å². The van der Waals surface area contributed by atoms with Gasteiger partial charge in [-0.25, -0.2) is 0 Å². The summed E-state index contributed by atoms with van der Waals surface area (Å²) in [5.41, 5.74) is 2.19. The van der Waals surface area contributed by atoms with Crippen LogP contribution in [0.3, 0.4) is 0 Å². The van der Waals surface area contributed by atoms with Gasteiger partial charge in [0.2, 0.25) is 11.8 Å². The van der Waals surface area contributed by atoms with Gasteiger partial charge in [0.15, 0.2) is 0 Å². The van der Waals surface area contributed by atoms with Crippen molar-refractivity contribution >= 4 is 34.6 Å². The fraction of sp³-hybridized carbons (Fsp3) is 0.300. The van der Waals surface area contributed by atoms with Gasteiger partial charge < -0.3 is 15.5 Å². The van der Waals surface area contributed by atoms with Crippen molar-refractivity contribution in [3.05, 3.63) is 58.6 Å². The van der Waals surface area contributed by atoms with E-state index in [0.29, 0.717) is 38.0 Å². The molecule has 8 nitrogen and oxygen atoms in total. The zero-order valence-electron chi connectivity index (χ0n) is 15.4. The van der Waals surface area contributed by atoms with E-state index in [1.807, 2.05) is 18.2 Å². The minimum Gasteiger partial charge on any atom is -0.385 e. The average Bonchev–Trinajstić information content (AvgIpc) is 3.12. The molecule has 28 heavy (non-hydrogen) atoms. The van der Waals surface area contributed by atoms with Crippen LogP contribution in [0.25, 0.3) is 0 Å². The molecule has 0 spiro atoms. The van der Waals surface area contributed by atoms with Gasteiger partial charge in [0.1, 0.15) is 0 Å². The van der Waals surface area contributed by atoms with E-state index in [9.17, 15) is 19.7 Å². The van der Waals surface area contributed by atoms with Gasteiger partial charge in [0.25, 0.3) is 5.69 Å². The highest BCUT2D eigenvalue weighted by Crippen LogP contribution is 2.29. The molecule has 3 rings (SSSR count). The number of anilines is 3. The lowest BCUT2D eigenvalue weighted by molar-refractivity contribution is -0.384. The molecule has 0 aromatic heterocycles. The molecule has 0 unspecified atom stereocenters. The second-order valence-corrected chi connectivity index (χ2v) is 6.55. The Hall–Kier alpha value is -3.42. The number of non-ortho nitro benzene ring substituents is 1. The molecule has 8 heteroatoms. The average molecular weight is 382 g/mol. The first kappa shape index (κ1) is 19.3. The fourth-order valence-corrected chi connectivity index (χ4v) is 3.11. The van der Waals surface area contributed by atoms with Crippen molar-refractivity contribution in [2.75, 3.05) is 28.6 Å². The second kappa shape index (κ2) is 8.98. The number of para-hydroxylation sites is 2. The van der Waals surface area contributed by atoms with Gasteiger partial charge >= 0.3 is 0 Å². The lowest BCUT2D eigenvalue weighted by Gasteiger charge is -2.20. The van der Waals surface area contributed by atoms with Gasteiger partial charge in [-0.15, -0.1) is 0 Å². The van der Waals surface area contributed by atoms with E-state index in [1.165, 1.54) is 12.1 Å². The zero-order valence-corrected chi connectivity index (χ0v) is 15.4. The number of hydrogen-bond acceptors (Lipinski definition) is 5. The number of nitrogens with zero attached hydrogens (tertiary/aromatic N) is 2. The Labute approximate surface area is 162 Å². The number of carbonyl (C=O) groups is 2. The molecule has 0 aliphatic carbocycles. The maximum Gasteiger partial charge on any atom is 0.269 e. The summed E-state index contributed by atoms with van der Waals surface area (Å²) in [5, 5.41) is 16.7. The summed E-state index contributed by atoms with van der Waals surface area (Å²) in [4.78, 5) is 36.2. The van der Waals surface area contributed by atoms with Gasteiger partial charge in [-0.1, -0.05) is 12.1 Å². The monoisotopic (exact) mass is 382 g/mol. The maximum absolute atomic E-state index is 12.3. The molecule has 1 aliphatic rings. The highest BCUT2D eigenvalue weighted by atomic mass is 16.6. The predicted octanol–water partition coefficient (Wildman–Crippen LogP) is 3.55. The molecule has 1 aliphatic heterocycles. The quantitative estimate of drug-likeness (QED) is 0.413. The first-order valence-corrected chi connectivity index (χ1v) is 9.22. The van der Waals surface area contributed by atoms with Crippen molar-refractivity contribution in [1.82, 2.24) is 0 Å². The van der Waals surface area contributed by atoms with E-state index in [0.717, 1.165) is 17.8 Å². The minimum absolute atomic E-state index is 0.0417. The van der Waals surface area contributed by atoms with Crippen molar-refractivity contribution in [3.63, 3.8) is 0 Å². The lowest BCUT2D eigenvalue weighted by Crippen LogP contribution is -2.25. The summed E-state index contributed by atoms with van der Waals surface area (Å²) in [5.74, 6) is -0.0430. The molecular formula is C20H22N4O4. The number of benzene rings is 2. The molecule has 1 saturated heterocycles. The number of carbonyl (C=O) groups excluding carboxylic acids is 2. The molecule has 0 atom stereocenters. The van der Waals surface area contributed by atoms with E-state index in [-0.39, 0.29) is 17.5 Å². The van der Waals surface area contributed by atoms with E-state index >= 15 is 0 Å². The molecular weight excluding hydrogens is 360 g/mol.